The quantitative estimate of drug-likeness (QED) is 0.754. The number of carbonyl (C=O) groups excluding carboxylic acids is 1. The van der Waals surface area contributed by atoms with Crippen LogP contribution in [-0.4, -0.2) is 17.6 Å². The van der Waals surface area contributed by atoms with E-state index in [0.29, 0.717) is 4.88 Å². The second-order valence-corrected chi connectivity index (χ2v) is 6.82. The number of thiophene rings is 1. The molecule has 1 heterocycles. The first-order chi connectivity index (χ1) is 11.4. The average molecular weight is 347 g/mol. The van der Waals surface area contributed by atoms with Gasteiger partial charge in [0.25, 0.3) is 5.91 Å². The van der Waals surface area contributed by atoms with Gasteiger partial charge in [0.15, 0.2) is 11.6 Å². The van der Waals surface area contributed by atoms with Crippen molar-refractivity contribution in [2.45, 2.75) is 12.5 Å². The van der Waals surface area contributed by atoms with Gasteiger partial charge in [0.1, 0.15) is 5.60 Å². The SMILES string of the molecule is CC(O)(CNC(=O)c1ccc(F)c(F)c1)c1cc2ccccc2s1. The third-order valence-corrected chi connectivity index (χ3v) is 5.10. The van der Waals surface area contributed by atoms with Crippen LogP contribution in [0.2, 0.25) is 0 Å². The van der Waals surface area contributed by atoms with Gasteiger partial charge in [-0.15, -0.1) is 11.3 Å². The highest BCUT2D eigenvalue weighted by molar-refractivity contribution is 7.19. The fraction of sp³-hybridized carbons (Fsp3) is 0.167. The van der Waals surface area contributed by atoms with Crippen molar-refractivity contribution in [2.24, 2.45) is 0 Å². The average Bonchev–Trinajstić information content (AvgIpc) is 3.00. The zero-order chi connectivity index (χ0) is 17.3. The summed E-state index contributed by atoms with van der Waals surface area (Å²) in [6, 6.07) is 12.5. The van der Waals surface area contributed by atoms with Gasteiger partial charge in [0.05, 0.1) is 6.54 Å². The van der Waals surface area contributed by atoms with Crippen molar-refractivity contribution in [2.75, 3.05) is 6.54 Å². The third kappa shape index (κ3) is 3.29. The van der Waals surface area contributed by atoms with E-state index in [-0.39, 0.29) is 12.1 Å². The smallest absolute Gasteiger partial charge is 0.251 e. The molecule has 3 rings (SSSR count). The van der Waals surface area contributed by atoms with E-state index >= 15 is 0 Å². The Morgan fingerprint density at radius 2 is 1.92 bits per heavy atom. The summed E-state index contributed by atoms with van der Waals surface area (Å²) in [4.78, 5) is 12.8. The molecule has 6 heteroatoms. The van der Waals surface area contributed by atoms with E-state index in [1.54, 1.807) is 6.92 Å². The lowest BCUT2D eigenvalue weighted by Crippen LogP contribution is -2.38. The van der Waals surface area contributed by atoms with E-state index in [1.807, 2.05) is 30.3 Å². The van der Waals surface area contributed by atoms with E-state index in [2.05, 4.69) is 5.32 Å². The van der Waals surface area contributed by atoms with E-state index in [4.69, 9.17) is 0 Å². The molecule has 2 aromatic carbocycles. The molecule has 0 bridgehead atoms. The number of aliphatic hydroxyl groups is 1. The van der Waals surface area contributed by atoms with Crippen LogP contribution in [0, 0.1) is 11.6 Å². The van der Waals surface area contributed by atoms with Crippen molar-refractivity contribution in [3.05, 3.63) is 70.6 Å². The Balaban J connectivity index is 1.74. The molecule has 0 radical (unpaired) electrons. The minimum atomic E-state index is -1.27. The molecule has 24 heavy (non-hydrogen) atoms. The number of halogens is 2. The van der Waals surface area contributed by atoms with Crippen molar-refractivity contribution >= 4 is 27.3 Å². The standard InChI is InChI=1S/C18H15F2NO2S/c1-18(23,16-9-11-4-2-3-5-15(11)24-16)10-21-17(22)12-6-7-13(19)14(20)8-12/h2-9,23H,10H2,1H3,(H,21,22). The Kier molecular flexibility index (Phi) is 4.34. The summed E-state index contributed by atoms with van der Waals surface area (Å²) in [5.74, 6) is -2.67. The number of rotatable bonds is 4. The van der Waals surface area contributed by atoms with Crippen LogP contribution >= 0.6 is 11.3 Å². The molecule has 1 atom stereocenters. The Morgan fingerprint density at radius 3 is 2.62 bits per heavy atom. The van der Waals surface area contributed by atoms with Crippen molar-refractivity contribution in [3.63, 3.8) is 0 Å². The first kappa shape index (κ1) is 16.5. The van der Waals surface area contributed by atoms with Gasteiger partial charge in [-0.25, -0.2) is 8.78 Å². The van der Waals surface area contributed by atoms with Gasteiger partial charge in [-0.2, -0.15) is 0 Å². The normalized spacial score (nSPS) is 13.7. The van der Waals surface area contributed by atoms with Gasteiger partial charge in [0, 0.05) is 15.1 Å². The summed E-state index contributed by atoms with van der Waals surface area (Å²) in [6.45, 7) is 1.56. The maximum atomic E-state index is 13.2. The second kappa shape index (κ2) is 6.30. The van der Waals surface area contributed by atoms with E-state index < -0.39 is 23.1 Å². The highest BCUT2D eigenvalue weighted by Crippen LogP contribution is 2.32. The molecule has 3 aromatic rings. The first-order valence-corrected chi connectivity index (χ1v) is 8.13. The van der Waals surface area contributed by atoms with E-state index in [0.717, 1.165) is 22.2 Å². The van der Waals surface area contributed by atoms with Crippen molar-refractivity contribution in [3.8, 4) is 0 Å². The number of carbonyl (C=O) groups is 1. The lowest BCUT2D eigenvalue weighted by atomic mass is 10.0. The Bertz CT molecular complexity index is 872. The van der Waals surface area contributed by atoms with Gasteiger partial charge < -0.3 is 10.4 Å². The minimum Gasteiger partial charge on any atom is -0.383 e. The summed E-state index contributed by atoms with van der Waals surface area (Å²) in [5.41, 5.74) is -1.26. The molecule has 0 aliphatic carbocycles. The molecular formula is C18H15F2NO2S. The third-order valence-electron chi connectivity index (χ3n) is 3.73. The van der Waals surface area contributed by atoms with Crippen LogP contribution in [0.1, 0.15) is 22.2 Å². The molecule has 1 amide bonds. The fourth-order valence-electron chi connectivity index (χ4n) is 2.33. The van der Waals surface area contributed by atoms with Crippen LogP contribution in [-0.2, 0) is 5.60 Å². The predicted molar refractivity (Wildman–Crippen MR) is 90.1 cm³/mol. The predicted octanol–water partition coefficient (Wildman–Crippen LogP) is 3.82. The summed E-state index contributed by atoms with van der Waals surface area (Å²) in [6.07, 6.45) is 0. The number of benzene rings is 2. The number of amides is 1. The van der Waals surface area contributed by atoms with E-state index in [9.17, 15) is 18.7 Å². The summed E-state index contributed by atoms with van der Waals surface area (Å²) in [5, 5.41) is 14.2. The molecule has 0 aliphatic rings. The molecule has 0 saturated heterocycles. The molecule has 2 N–H and O–H groups in total. The Labute approximate surface area is 141 Å². The second-order valence-electron chi connectivity index (χ2n) is 5.73. The number of fused-ring (bicyclic) bond motifs is 1. The van der Waals surface area contributed by atoms with Crippen LogP contribution in [0.25, 0.3) is 10.1 Å². The Hall–Kier alpha value is -2.31. The zero-order valence-electron chi connectivity index (χ0n) is 12.8. The maximum absolute atomic E-state index is 13.2. The fourth-order valence-corrected chi connectivity index (χ4v) is 3.43. The van der Waals surface area contributed by atoms with Crippen LogP contribution in [0.3, 0.4) is 0 Å². The molecular weight excluding hydrogens is 332 g/mol. The zero-order valence-corrected chi connectivity index (χ0v) is 13.7. The van der Waals surface area contributed by atoms with Gasteiger partial charge >= 0.3 is 0 Å². The number of hydrogen-bond acceptors (Lipinski definition) is 3. The number of nitrogens with one attached hydrogen (secondary N) is 1. The number of hydrogen-bond donors (Lipinski definition) is 2. The van der Waals surface area contributed by atoms with Gasteiger partial charge in [-0.3, -0.25) is 4.79 Å². The molecule has 1 unspecified atom stereocenters. The van der Waals surface area contributed by atoms with Crippen molar-refractivity contribution < 1.29 is 18.7 Å². The van der Waals surface area contributed by atoms with Crippen molar-refractivity contribution in [1.29, 1.82) is 0 Å². The van der Waals surface area contributed by atoms with Crippen LogP contribution in [0.4, 0.5) is 8.78 Å². The lowest BCUT2D eigenvalue weighted by Gasteiger charge is -2.22. The van der Waals surface area contributed by atoms with Gasteiger partial charge in [0.2, 0.25) is 0 Å². The molecule has 0 aliphatic heterocycles. The van der Waals surface area contributed by atoms with Gasteiger partial charge in [-0.1, -0.05) is 18.2 Å². The monoisotopic (exact) mass is 347 g/mol. The maximum Gasteiger partial charge on any atom is 0.251 e. The summed E-state index contributed by atoms with van der Waals surface area (Å²) >= 11 is 1.45. The summed E-state index contributed by atoms with van der Waals surface area (Å²) in [7, 11) is 0. The minimum absolute atomic E-state index is 0.000964. The van der Waals surface area contributed by atoms with Crippen molar-refractivity contribution in [1.82, 2.24) is 5.32 Å². The van der Waals surface area contributed by atoms with Crippen LogP contribution in [0.5, 0.6) is 0 Å². The highest BCUT2D eigenvalue weighted by atomic mass is 32.1. The van der Waals surface area contributed by atoms with Gasteiger partial charge in [-0.05, 0) is 42.6 Å². The highest BCUT2D eigenvalue weighted by Gasteiger charge is 2.26. The van der Waals surface area contributed by atoms with Crippen LogP contribution in [0.15, 0.2) is 48.5 Å². The molecule has 0 spiro atoms. The first-order valence-electron chi connectivity index (χ1n) is 7.31. The molecule has 3 nitrogen and oxygen atoms in total. The van der Waals surface area contributed by atoms with E-state index in [1.165, 1.54) is 17.4 Å². The topological polar surface area (TPSA) is 49.3 Å². The summed E-state index contributed by atoms with van der Waals surface area (Å²) < 4.78 is 27.2. The Morgan fingerprint density at radius 1 is 1.17 bits per heavy atom. The van der Waals surface area contributed by atoms with Crippen LogP contribution < -0.4 is 5.32 Å². The molecule has 0 saturated carbocycles. The largest absolute Gasteiger partial charge is 0.383 e. The molecule has 124 valence electrons. The molecule has 1 aromatic heterocycles. The molecule has 0 fully saturated rings. The lowest BCUT2D eigenvalue weighted by molar-refractivity contribution is 0.0557.